The van der Waals surface area contributed by atoms with Crippen molar-refractivity contribution in [2.45, 2.75) is 12.6 Å². The maximum atomic E-state index is 14.7. The Labute approximate surface area is 201 Å². The number of benzene rings is 2. The van der Waals surface area contributed by atoms with Crippen LogP contribution in [0.3, 0.4) is 0 Å². The highest BCUT2D eigenvalue weighted by Crippen LogP contribution is 2.39. The van der Waals surface area contributed by atoms with E-state index in [2.05, 4.69) is 32.0 Å². The van der Waals surface area contributed by atoms with Crippen molar-refractivity contribution in [1.82, 2.24) is 24.6 Å². The third-order valence-corrected chi connectivity index (χ3v) is 6.61. The Morgan fingerprint density at radius 2 is 2.03 bits per heavy atom. The van der Waals surface area contributed by atoms with Gasteiger partial charge in [0, 0.05) is 48.2 Å². The molecule has 1 saturated heterocycles. The van der Waals surface area contributed by atoms with Gasteiger partial charge in [0.05, 0.1) is 54.9 Å². The molecule has 5 aromatic rings. The highest BCUT2D eigenvalue weighted by Gasteiger charge is 2.20. The van der Waals surface area contributed by atoms with Gasteiger partial charge in [-0.15, -0.1) is 0 Å². The number of nitrogens with one attached hydrogen (secondary N) is 1. The molecule has 174 valence electrons. The molecule has 0 amide bonds. The average molecular weight is 467 g/mol. The normalized spacial score (nSPS) is 16.1. The van der Waals surface area contributed by atoms with Crippen molar-refractivity contribution < 1.29 is 9.13 Å². The lowest BCUT2D eigenvalue weighted by molar-refractivity contribution is 0.0189. The Morgan fingerprint density at radius 3 is 2.83 bits per heavy atom. The second-order valence-electron chi connectivity index (χ2n) is 8.77. The van der Waals surface area contributed by atoms with E-state index in [4.69, 9.17) is 16.3 Å². The van der Waals surface area contributed by atoms with Crippen molar-refractivity contribution in [1.29, 1.82) is 0 Å². The molecule has 4 heterocycles. The monoisotopic (exact) mass is 466 g/mol. The number of nitrogens with zero attached hydrogens (tertiary/aromatic N) is 5. The molecule has 8 heteroatoms. The molecule has 2 aromatic carbocycles. The maximum absolute atomic E-state index is 14.7. The van der Waals surface area contributed by atoms with Crippen LogP contribution in [0.15, 0.2) is 61.1 Å². The number of rotatable bonds is 4. The first-order valence-corrected chi connectivity index (χ1v) is 11.5. The van der Waals surface area contributed by atoms with Gasteiger partial charge >= 0.3 is 0 Å². The summed E-state index contributed by atoms with van der Waals surface area (Å²) >= 11 is 0. The Kier molecular flexibility index (Phi) is 5.29. The molecule has 0 spiro atoms. The molecule has 0 bridgehead atoms. The number of aromatic nitrogens is 4. The predicted molar refractivity (Wildman–Crippen MR) is 134 cm³/mol. The van der Waals surface area contributed by atoms with Gasteiger partial charge in [0.1, 0.15) is 5.82 Å². The minimum absolute atomic E-state index is 0.00623. The predicted octanol–water partition coefficient (Wildman–Crippen LogP) is 4.94. The lowest BCUT2D eigenvalue weighted by Gasteiger charge is -2.24. The molecule has 1 fully saturated rings. The number of pyridine rings is 1. The summed E-state index contributed by atoms with van der Waals surface area (Å²) in [6, 6.07) is 12.9. The third kappa shape index (κ3) is 3.75. The quantitative estimate of drug-likeness (QED) is 0.382. The number of hydrogen-bond acceptors (Lipinski definition) is 4. The zero-order valence-corrected chi connectivity index (χ0v) is 19.2. The summed E-state index contributed by atoms with van der Waals surface area (Å²) in [5.41, 5.74) is 5.18. The van der Waals surface area contributed by atoms with Gasteiger partial charge in [-0.2, -0.15) is 5.10 Å². The molecule has 0 saturated carbocycles. The molecule has 1 aliphatic rings. The van der Waals surface area contributed by atoms with Gasteiger partial charge in [0.25, 0.3) is 0 Å². The first kappa shape index (κ1) is 21.5. The van der Waals surface area contributed by atoms with Crippen molar-refractivity contribution in [2.24, 2.45) is 7.05 Å². The fraction of sp³-hybridized carbons (Fsp3) is 0.222. The van der Waals surface area contributed by atoms with Crippen LogP contribution in [0.4, 0.5) is 10.1 Å². The molecular formula is C27H23FN6O. The number of halogens is 1. The Bertz CT molecular complexity index is 1610. The fourth-order valence-corrected chi connectivity index (χ4v) is 4.85. The van der Waals surface area contributed by atoms with Crippen molar-refractivity contribution in [3.63, 3.8) is 0 Å². The van der Waals surface area contributed by atoms with E-state index < -0.39 is 5.82 Å². The summed E-state index contributed by atoms with van der Waals surface area (Å²) in [5.74, 6) is -0.538. The van der Waals surface area contributed by atoms with Crippen molar-refractivity contribution in [2.75, 3.05) is 19.7 Å². The van der Waals surface area contributed by atoms with Gasteiger partial charge < -0.3 is 14.6 Å². The molecule has 0 radical (unpaired) electrons. The first-order valence-electron chi connectivity index (χ1n) is 11.5. The van der Waals surface area contributed by atoms with Gasteiger partial charge in [0.15, 0.2) is 0 Å². The maximum Gasteiger partial charge on any atom is 0.222 e. The zero-order valence-electron chi connectivity index (χ0n) is 19.2. The SMILES string of the molecule is [C-]#[N+]c1ccc(-c2c(-c3ccc4c(cnn4C)c3)ncc3c2ccn3CC2CNCCO2)cc1F. The molecule has 35 heavy (non-hydrogen) atoms. The van der Waals surface area contributed by atoms with E-state index in [0.29, 0.717) is 18.7 Å². The number of hydrogen-bond donors (Lipinski definition) is 1. The van der Waals surface area contributed by atoms with Crippen LogP contribution >= 0.6 is 0 Å². The molecule has 6 rings (SSSR count). The lowest BCUT2D eigenvalue weighted by Crippen LogP contribution is -2.40. The topological polar surface area (TPSA) is 61.3 Å². The first-order chi connectivity index (χ1) is 17.1. The third-order valence-electron chi connectivity index (χ3n) is 6.61. The van der Waals surface area contributed by atoms with E-state index in [1.165, 1.54) is 12.1 Å². The van der Waals surface area contributed by atoms with E-state index in [9.17, 15) is 4.39 Å². The molecule has 7 nitrogen and oxygen atoms in total. The Morgan fingerprint density at radius 1 is 1.14 bits per heavy atom. The summed E-state index contributed by atoms with van der Waals surface area (Å²) in [7, 11) is 1.91. The second kappa shape index (κ2) is 8.62. The second-order valence-corrected chi connectivity index (χ2v) is 8.77. The Hall–Kier alpha value is -4.06. The number of morpholine rings is 1. The largest absolute Gasteiger partial charge is 0.374 e. The van der Waals surface area contributed by atoms with Crippen LogP contribution in [0.25, 0.3) is 49.0 Å². The van der Waals surface area contributed by atoms with E-state index in [1.54, 1.807) is 6.07 Å². The van der Waals surface area contributed by atoms with E-state index in [-0.39, 0.29) is 11.8 Å². The average Bonchev–Trinajstić information content (AvgIpc) is 3.47. The van der Waals surface area contributed by atoms with Crippen LogP contribution in [0.1, 0.15) is 0 Å². The number of aryl methyl sites for hydroxylation is 1. The summed E-state index contributed by atoms with van der Waals surface area (Å²) in [5, 5.41) is 9.70. The summed E-state index contributed by atoms with van der Waals surface area (Å²) in [6.45, 7) is 10.3. The van der Waals surface area contributed by atoms with Gasteiger partial charge in [-0.25, -0.2) is 9.24 Å². The molecule has 0 aliphatic carbocycles. The van der Waals surface area contributed by atoms with Crippen LogP contribution in [-0.2, 0) is 18.3 Å². The van der Waals surface area contributed by atoms with Gasteiger partial charge in [-0.05, 0) is 29.8 Å². The standard InChI is InChI=1S/C27H23FN6O/c1-29-23-5-3-17(12-22(23)28)26-21-7-9-34(16-20-14-30-8-10-35-20)25(21)15-31-27(26)18-4-6-24-19(11-18)13-32-33(24)2/h3-7,9,11-13,15,20,30H,8,10,14,16H2,2H3. The summed E-state index contributed by atoms with van der Waals surface area (Å²) in [6.07, 6.45) is 5.81. The smallest absolute Gasteiger partial charge is 0.222 e. The minimum Gasteiger partial charge on any atom is -0.374 e. The van der Waals surface area contributed by atoms with Gasteiger partial charge in [-0.3, -0.25) is 9.67 Å². The van der Waals surface area contributed by atoms with Crippen LogP contribution in [0.5, 0.6) is 0 Å². The van der Waals surface area contributed by atoms with Crippen molar-refractivity contribution >= 4 is 27.5 Å². The molecule has 3 aromatic heterocycles. The van der Waals surface area contributed by atoms with Crippen LogP contribution < -0.4 is 5.32 Å². The molecule has 1 N–H and O–H groups in total. The Balaban J connectivity index is 1.54. The summed E-state index contributed by atoms with van der Waals surface area (Å²) in [4.78, 5) is 8.16. The zero-order chi connectivity index (χ0) is 23.9. The fourth-order valence-electron chi connectivity index (χ4n) is 4.85. The van der Waals surface area contributed by atoms with Gasteiger partial charge in [-0.1, -0.05) is 18.2 Å². The highest BCUT2D eigenvalue weighted by atomic mass is 19.1. The number of fused-ring (bicyclic) bond motifs is 2. The summed E-state index contributed by atoms with van der Waals surface area (Å²) < 4.78 is 24.6. The van der Waals surface area contributed by atoms with E-state index >= 15 is 0 Å². The molecule has 1 unspecified atom stereocenters. The van der Waals surface area contributed by atoms with Crippen LogP contribution in [0.2, 0.25) is 0 Å². The lowest BCUT2D eigenvalue weighted by atomic mass is 9.95. The van der Waals surface area contributed by atoms with Crippen LogP contribution in [0, 0.1) is 12.4 Å². The van der Waals surface area contributed by atoms with E-state index in [0.717, 1.165) is 51.7 Å². The van der Waals surface area contributed by atoms with Crippen molar-refractivity contribution in [3.8, 4) is 22.4 Å². The number of ether oxygens (including phenoxy) is 1. The van der Waals surface area contributed by atoms with Crippen LogP contribution in [-0.4, -0.2) is 45.1 Å². The van der Waals surface area contributed by atoms with Gasteiger partial charge in [0.2, 0.25) is 5.69 Å². The van der Waals surface area contributed by atoms with E-state index in [1.807, 2.05) is 42.5 Å². The molecular weight excluding hydrogens is 443 g/mol. The molecule has 1 aliphatic heterocycles. The minimum atomic E-state index is -0.538. The highest BCUT2D eigenvalue weighted by molar-refractivity contribution is 6.02. The molecule has 1 atom stereocenters. The van der Waals surface area contributed by atoms with Crippen molar-refractivity contribution in [3.05, 3.63) is 78.3 Å².